The maximum Gasteiger partial charge on any atom is 0.332 e. The predicted octanol–water partition coefficient (Wildman–Crippen LogP) is -0.303. The van der Waals surface area contributed by atoms with Gasteiger partial charge < -0.3 is 19.5 Å². The molecule has 2 fully saturated rings. The predicted molar refractivity (Wildman–Crippen MR) is 52.5 cm³/mol. The first-order valence-corrected chi connectivity index (χ1v) is 5.44. The zero-order chi connectivity index (χ0) is 10.5. The van der Waals surface area contributed by atoms with Gasteiger partial charge in [0.1, 0.15) is 12.7 Å². The summed E-state index contributed by atoms with van der Waals surface area (Å²) in [5.74, 6) is -0.276. The smallest absolute Gasteiger partial charge is 0.332 e. The van der Waals surface area contributed by atoms with E-state index in [1.807, 2.05) is 0 Å². The van der Waals surface area contributed by atoms with Crippen molar-refractivity contribution in [3.05, 3.63) is 0 Å². The van der Waals surface area contributed by atoms with Crippen LogP contribution in [0.5, 0.6) is 0 Å². The highest BCUT2D eigenvalue weighted by Crippen LogP contribution is 2.09. The topological polar surface area (TPSA) is 56.8 Å². The van der Waals surface area contributed by atoms with Crippen molar-refractivity contribution in [2.24, 2.45) is 0 Å². The summed E-state index contributed by atoms with van der Waals surface area (Å²) in [4.78, 5) is 11.3. The third-order valence-electron chi connectivity index (χ3n) is 2.63. The molecule has 15 heavy (non-hydrogen) atoms. The van der Waals surface area contributed by atoms with E-state index in [1.54, 1.807) is 0 Å². The molecular formula is C10H17NO4. The second kappa shape index (κ2) is 5.44. The normalized spacial score (nSPS) is 23.5. The van der Waals surface area contributed by atoms with Crippen molar-refractivity contribution in [1.82, 2.24) is 5.32 Å². The Balaban J connectivity index is 1.57. The van der Waals surface area contributed by atoms with Crippen LogP contribution in [-0.4, -0.2) is 51.1 Å². The molecule has 0 amide bonds. The number of hydrogen-bond acceptors (Lipinski definition) is 5. The highest BCUT2D eigenvalue weighted by atomic mass is 16.6. The number of hydrogen-bond donors (Lipinski definition) is 1. The van der Waals surface area contributed by atoms with Gasteiger partial charge in [-0.05, 0) is 25.9 Å². The van der Waals surface area contributed by atoms with Crippen LogP contribution in [0.1, 0.15) is 12.8 Å². The Morgan fingerprint density at radius 2 is 2.00 bits per heavy atom. The summed E-state index contributed by atoms with van der Waals surface area (Å²) in [5.41, 5.74) is 0. The van der Waals surface area contributed by atoms with Crippen LogP contribution in [0.3, 0.4) is 0 Å². The number of nitrogens with one attached hydrogen (secondary N) is 1. The number of rotatable bonds is 4. The van der Waals surface area contributed by atoms with E-state index in [0.29, 0.717) is 13.2 Å². The van der Waals surface area contributed by atoms with E-state index in [-0.39, 0.29) is 24.8 Å². The van der Waals surface area contributed by atoms with Gasteiger partial charge in [-0.2, -0.15) is 0 Å². The van der Waals surface area contributed by atoms with Gasteiger partial charge in [-0.1, -0.05) is 0 Å². The van der Waals surface area contributed by atoms with Crippen LogP contribution in [0, 0.1) is 0 Å². The lowest BCUT2D eigenvalue weighted by molar-refractivity contribution is -0.178. The Bertz CT molecular complexity index is 211. The van der Waals surface area contributed by atoms with Crippen LogP contribution in [0.25, 0.3) is 0 Å². The van der Waals surface area contributed by atoms with Gasteiger partial charge in [-0.3, -0.25) is 0 Å². The molecule has 0 aromatic heterocycles. The van der Waals surface area contributed by atoms with Crippen molar-refractivity contribution in [2.75, 3.05) is 32.9 Å². The standard InChI is InChI=1S/C10H17NO4/c12-10(15-9-5-13-6-9)7-14-8-1-3-11-4-2-8/h8-9,11H,1-7H2. The molecule has 0 spiro atoms. The van der Waals surface area contributed by atoms with E-state index in [4.69, 9.17) is 14.2 Å². The van der Waals surface area contributed by atoms with Gasteiger partial charge in [0.05, 0.1) is 19.3 Å². The lowest BCUT2D eigenvalue weighted by Gasteiger charge is -2.26. The van der Waals surface area contributed by atoms with Gasteiger partial charge in [-0.15, -0.1) is 0 Å². The fraction of sp³-hybridized carbons (Fsp3) is 0.900. The Labute approximate surface area is 89.1 Å². The van der Waals surface area contributed by atoms with Gasteiger partial charge in [0.2, 0.25) is 0 Å². The van der Waals surface area contributed by atoms with Crippen LogP contribution >= 0.6 is 0 Å². The van der Waals surface area contributed by atoms with Gasteiger partial charge in [0.25, 0.3) is 0 Å². The van der Waals surface area contributed by atoms with Crippen LogP contribution in [0.4, 0.5) is 0 Å². The number of esters is 1. The Hall–Kier alpha value is -0.650. The van der Waals surface area contributed by atoms with E-state index in [0.717, 1.165) is 25.9 Å². The lowest BCUT2D eigenvalue weighted by atomic mass is 10.1. The molecule has 0 atom stereocenters. The molecule has 2 heterocycles. The lowest BCUT2D eigenvalue weighted by Crippen LogP contribution is -2.39. The molecule has 0 radical (unpaired) electrons. The Morgan fingerprint density at radius 1 is 1.27 bits per heavy atom. The molecule has 0 aromatic carbocycles. The molecule has 0 aliphatic carbocycles. The summed E-state index contributed by atoms with van der Waals surface area (Å²) in [6.45, 7) is 3.06. The molecule has 5 heteroatoms. The molecule has 0 aromatic rings. The van der Waals surface area contributed by atoms with Crippen molar-refractivity contribution in [2.45, 2.75) is 25.0 Å². The average Bonchev–Trinajstić information content (AvgIpc) is 2.22. The summed E-state index contributed by atoms with van der Waals surface area (Å²) >= 11 is 0. The molecule has 2 saturated heterocycles. The second-order valence-electron chi connectivity index (χ2n) is 3.91. The second-order valence-corrected chi connectivity index (χ2v) is 3.91. The third kappa shape index (κ3) is 3.44. The van der Waals surface area contributed by atoms with Crippen molar-refractivity contribution in [3.63, 3.8) is 0 Å². The van der Waals surface area contributed by atoms with Crippen molar-refractivity contribution in [3.8, 4) is 0 Å². The molecule has 5 nitrogen and oxygen atoms in total. The number of ether oxygens (including phenoxy) is 3. The van der Waals surface area contributed by atoms with Crippen LogP contribution < -0.4 is 5.32 Å². The first-order chi connectivity index (χ1) is 7.34. The fourth-order valence-electron chi connectivity index (χ4n) is 1.65. The molecule has 1 N–H and O–H groups in total. The number of carbonyl (C=O) groups excluding carboxylic acids is 1. The first-order valence-electron chi connectivity index (χ1n) is 5.44. The fourth-order valence-corrected chi connectivity index (χ4v) is 1.65. The Kier molecular flexibility index (Phi) is 3.94. The van der Waals surface area contributed by atoms with Gasteiger partial charge in [-0.25, -0.2) is 4.79 Å². The quantitative estimate of drug-likeness (QED) is 0.652. The van der Waals surface area contributed by atoms with E-state index < -0.39 is 0 Å². The average molecular weight is 215 g/mol. The van der Waals surface area contributed by atoms with Crippen LogP contribution in [0.2, 0.25) is 0 Å². The zero-order valence-corrected chi connectivity index (χ0v) is 8.74. The molecule has 86 valence electrons. The molecule has 2 rings (SSSR count). The molecule has 2 aliphatic rings. The number of carbonyl (C=O) groups is 1. The minimum Gasteiger partial charge on any atom is -0.456 e. The SMILES string of the molecule is O=C(COC1CCNCC1)OC1COC1. The maximum absolute atomic E-state index is 11.3. The Morgan fingerprint density at radius 3 is 2.60 bits per heavy atom. The van der Waals surface area contributed by atoms with Gasteiger partial charge in [0.15, 0.2) is 0 Å². The monoisotopic (exact) mass is 215 g/mol. The van der Waals surface area contributed by atoms with Crippen molar-refractivity contribution >= 4 is 5.97 Å². The van der Waals surface area contributed by atoms with E-state index >= 15 is 0 Å². The van der Waals surface area contributed by atoms with Crippen LogP contribution in [-0.2, 0) is 19.0 Å². The zero-order valence-electron chi connectivity index (χ0n) is 8.74. The molecule has 2 aliphatic heterocycles. The largest absolute Gasteiger partial charge is 0.456 e. The summed E-state index contributed by atoms with van der Waals surface area (Å²) in [7, 11) is 0. The summed E-state index contributed by atoms with van der Waals surface area (Å²) in [5, 5.41) is 3.24. The van der Waals surface area contributed by atoms with E-state index in [2.05, 4.69) is 5.32 Å². The van der Waals surface area contributed by atoms with E-state index in [9.17, 15) is 4.79 Å². The minimum absolute atomic E-state index is 0.0471. The van der Waals surface area contributed by atoms with Crippen molar-refractivity contribution in [1.29, 1.82) is 0 Å². The van der Waals surface area contributed by atoms with Crippen molar-refractivity contribution < 1.29 is 19.0 Å². The minimum atomic E-state index is -0.276. The van der Waals surface area contributed by atoms with Crippen LogP contribution in [0.15, 0.2) is 0 Å². The molecular weight excluding hydrogens is 198 g/mol. The maximum atomic E-state index is 11.3. The number of piperidine rings is 1. The molecule has 0 bridgehead atoms. The van der Waals surface area contributed by atoms with Gasteiger partial charge in [0, 0.05) is 0 Å². The highest BCUT2D eigenvalue weighted by molar-refractivity contribution is 5.71. The molecule has 0 saturated carbocycles. The summed E-state index contributed by atoms with van der Waals surface area (Å²) < 4.78 is 15.4. The highest BCUT2D eigenvalue weighted by Gasteiger charge is 2.23. The molecule has 0 unspecified atom stereocenters. The summed E-state index contributed by atoms with van der Waals surface area (Å²) in [6, 6.07) is 0. The first kappa shape index (κ1) is 10.9. The summed E-state index contributed by atoms with van der Waals surface area (Å²) in [6.07, 6.45) is 2.10. The third-order valence-corrected chi connectivity index (χ3v) is 2.63. The van der Waals surface area contributed by atoms with E-state index in [1.165, 1.54) is 0 Å². The van der Waals surface area contributed by atoms with Gasteiger partial charge >= 0.3 is 5.97 Å².